The second-order valence-electron chi connectivity index (χ2n) is 4.52. The van der Waals surface area contributed by atoms with Crippen molar-refractivity contribution in [3.05, 3.63) is 48.6 Å². The highest BCUT2D eigenvalue weighted by atomic mass is 16.5. The van der Waals surface area contributed by atoms with E-state index in [1.54, 1.807) is 24.3 Å². The molecule has 4 heteroatoms. The van der Waals surface area contributed by atoms with Gasteiger partial charge in [-0.2, -0.15) is 0 Å². The number of rotatable bonds is 11. The number of hydrogen-bond acceptors (Lipinski definition) is 4. The van der Waals surface area contributed by atoms with E-state index in [0.717, 1.165) is 25.7 Å². The van der Waals surface area contributed by atoms with Crippen LogP contribution in [0.25, 0.3) is 0 Å². The molecule has 0 bridgehead atoms. The summed E-state index contributed by atoms with van der Waals surface area (Å²) in [5.74, 6) is -0.639. The Hall–Kier alpha value is -2.10. The molecule has 0 radical (unpaired) electrons. The molecule has 0 rings (SSSR count). The van der Waals surface area contributed by atoms with Crippen LogP contribution in [0.4, 0.5) is 0 Å². The van der Waals surface area contributed by atoms with E-state index in [-0.39, 0.29) is 11.9 Å². The Balaban J connectivity index is 3.44. The smallest absolute Gasteiger partial charge is 0.330 e. The fourth-order valence-electron chi connectivity index (χ4n) is 1.49. The first-order chi connectivity index (χ1) is 10.7. The van der Waals surface area contributed by atoms with Gasteiger partial charge >= 0.3 is 11.9 Å². The van der Waals surface area contributed by atoms with Crippen LogP contribution in [0.5, 0.6) is 0 Å². The number of carbonyl (C=O) groups excluding carboxylic acids is 2. The van der Waals surface area contributed by atoms with Crippen LogP contribution < -0.4 is 0 Å². The minimum absolute atomic E-state index is 0.319. The average Bonchev–Trinajstić information content (AvgIpc) is 2.50. The first-order valence-corrected chi connectivity index (χ1v) is 7.63. The van der Waals surface area contributed by atoms with Gasteiger partial charge in [0.2, 0.25) is 0 Å². The largest absolute Gasteiger partial charge is 0.463 e. The topological polar surface area (TPSA) is 52.6 Å². The first kappa shape index (κ1) is 19.9. The molecule has 0 aliphatic rings. The first-order valence-electron chi connectivity index (χ1n) is 7.63. The molecule has 0 aliphatic heterocycles. The second-order valence-corrected chi connectivity index (χ2v) is 4.52. The van der Waals surface area contributed by atoms with Gasteiger partial charge in [0.05, 0.1) is 13.2 Å². The Morgan fingerprint density at radius 2 is 1.09 bits per heavy atom. The van der Waals surface area contributed by atoms with E-state index in [2.05, 4.69) is 0 Å². The number of ether oxygens (including phenoxy) is 2. The van der Waals surface area contributed by atoms with Gasteiger partial charge < -0.3 is 9.47 Å². The minimum Gasteiger partial charge on any atom is -0.463 e. The van der Waals surface area contributed by atoms with Crippen LogP contribution in [-0.4, -0.2) is 25.2 Å². The van der Waals surface area contributed by atoms with Crippen LogP contribution in [0.3, 0.4) is 0 Å². The highest BCUT2D eigenvalue weighted by molar-refractivity contribution is 5.82. The zero-order valence-electron chi connectivity index (χ0n) is 13.5. The highest BCUT2D eigenvalue weighted by Crippen LogP contribution is 2.01. The lowest BCUT2D eigenvalue weighted by Gasteiger charge is -2.03. The maximum absolute atomic E-state index is 11.2. The molecule has 0 atom stereocenters. The summed E-state index contributed by atoms with van der Waals surface area (Å²) in [5, 5.41) is 0. The van der Waals surface area contributed by atoms with E-state index in [9.17, 15) is 9.59 Å². The van der Waals surface area contributed by atoms with Crippen molar-refractivity contribution >= 4 is 11.9 Å². The summed E-state index contributed by atoms with van der Waals surface area (Å²) in [7, 11) is 0. The summed E-state index contributed by atoms with van der Waals surface area (Å²) >= 11 is 0. The van der Waals surface area contributed by atoms with Gasteiger partial charge in [-0.3, -0.25) is 0 Å². The standard InChI is InChI=1S/C18H26O4/c1-3-5-9-13-17(19)21-15-11-7-8-12-16-22-18(20)14-10-6-4-2/h3-6,9-10,13-14H,7-8,11-12,15-16H2,1-2H3/b5-3+,6-4+,13-9+,14-10+. The Labute approximate surface area is 133 Å². The van der Waals surface area contributed by atoms with Gasteiger partial charge in [0.15, 0.2) is 0 Å². The third-order valence-electron chi connectivity index (χ3n) is 2.60. The predicted octanol–water partition coefficient (Wildman–Crippen LogP) is 3.90. The van der Waals surface area contributed by atoms with Gasteiger partial charge in [0, 0.05) is 12.2 Å². The molecule has 0 aromatic carbocycles. The quantitative estimate of drug-likeness (QED) is 0.251. The molecule has 0 unspecified atom stereocenters. The van der Waals surface area contributed by atoms with Crippen molar-refractivity contribution < 1.29 is 19.1 Å². The number of allylic oxidation sites excluding steroid dienone is 6. The maximum atomic E-state index is 11.2. The molecular weight excluding hydrogens is 280 g/mol. The zero-order valence-corrected chi connectivity index (χ0v) is 13.5. The van der Waals surface area contributed by atoms with E-state index in [0.29, 0.717) is 13.2 Å². The Bertz CT molecular complexity index is 377. The van der Waals surface area contributed by atoms with Crippen molar-refractivity contribution in [2.24, 2.45) is 0 Å². The molecule has 0 aliphatic carbocycles. The molecule has 0 amide bonds. The minimum atomic E-state index is -0.319. The Kier molecular flexibility index (Phi) is 13.8. The van der Waals surface area contributed by atoms with Gasteiger partial charge in [-0.05, 0) is 39.5 Å². The summed E-state index contributed by atoms with van der Waals surface area (Å²) in [6.07, 6.45) is 16.9. The predicted molar refractivity (Wildman–Crippen MR) is 88.3 cm³/mol. The molecule has 22 heavy (non-hydrogen) atoms. The average molecular weight is 306 g/mol. The van der Waals surface area contributed by atoms with Crippen LogP contribution in [-0.2, 0) is 19.1 Å². The Morgan fingerprint density at radius 1 is 0.682 bits per heavy atom. The summed E-state index contributed by atoms with van der Waals surface area (Å²) < 4.78 is 10.1. The summed E-state index contributed by atoms with van der Waals surface area (Å²) in [6, 6.07) is 0. The number of esters is 2. The molecule has 0 N–H and O–H groups in total. The van der Waals surface area contributed by atoms with Crippen LogP contribution >= 0.6 is 0 Å². The number of carbonyl (C=O) groups is 2. The van der Waals surface area contributed by atoms with Crippen LogP contribution in [0.2, 0.25) is 0 Å². The molecule has 0 fully saturated rings. The second kappa shape index (κ2) is 15.3. The van der Waals surface area contributed by atoms with Crippen LogP contribution in [0.1, 0.15) is 39.5 Å². The molecule has 0 spiro atoms. The van der Waals surface area contributed by atoms with Crippen molar-refractivity contribution in [2.45, 2.75) is 39.5 Å². The molecule has 0 aromatic heterocycles. The lowest BCUT2D eigenvalue weighted by Crippen LogP contribution is -2.03. The molecule has 0 saturated heterocycles. The van der Waals surface area contributed by atoms with Crippen molar-refractivity contribution in [2.75, 3.05) is 13.2 Å². The normalized spacial score (nSPS) is 11.9. The SMILES string of the molecule is C/C=C/C=C/C(=O)OCCCCCCOC(=O)/C=C/C=C/C. The van der Waals surface area contributed by atoms with Crippen LogP contribution in [0.15, 0.2) is 48.6 Å². The summed E-state index contributed by atoms with van der Waals surface area (Å²) in [6.45, 7) is 4.60. The third kappa shape index (κ3) is 14.3. The van der Waals surface area contributed by atoms with Crippen molar-refractivity contribution in [3.8, 4) is 0 Å². The lowest BCUT2D eigenvalue weighted by molar-refractivity contribution is -0.139. The van der Waals surface area contributed by atoms with E-state index in [1.807, 2.05) is 26.0 Å². The monoisotopic (exact) mass is 306 g/mol. The highest BCUT2D eigenvalue weighted by Gasteiger charge is 1.98. The fraction of sp³-hybridized carbons (Fsp3) is 0.444. The molecule has 0 aromatic rings. The van der Waals surface area contributed by atoms with Gasteiger partial charge in [0.25, 0.3) is 0 Å². The fourth-order valence-corrected chi connectivity index (χ4v) is 1.49. The van der Waals surface area contributed by atoms with Crippen molar-refractivity contribution in [3.63, 3.8) is 0 Å². The van der Waals surface area contributed by atoms with Gasteiger partial charge in [0.1, 0.15) is 0 Å². The zero-order chi connectivity index (χ0) is 16.5. The van der Waals surface area contributed by atoms with E-state index >= 15 is 0 Å². The molecular formula is C18H26O4. The molecule has 4 nitrogen and oxygen atoms in total. The van der Waals surface area contributed by atoms with Gasteiger partial charge in [-0.15, -0.1) is 0 Å². The van der Waals surface area contributed by atoms with Crippen molar-refractivity contribution in [1.82, 2.24) is 0 Å². The molecule has 0 saturated carbocycles. The molecule has 122 valence electrons. The maximum Gasteiger partial charge on any atom is 0.330 e. The van der Waals surface area contributed by atoms with Crippen molar-refractivity contribution in [1.29, 1.82) is 0 Å². The number of hydrogen-bond donors (Lipinski definition) is 0. The van der Waals surface area contributed by atoms with Gasteiger partial charge in [-0.1, -0.05) is 36.5 Å². The summed E-state index contributed by atoms with van der Waals surface area (Å²) in [5.41, 5.74) is 0. The lowest BCUT2D eigenvalue weighted by atomic mass is 10.2. The van der Waals surface area contributed by atoms with E-state index in [1.165, 1.54) is 12.2 Å². The van der Waals surface area contributed by atoms with E-state index < -0.39 is 0 Å². The van der Waals surface area contributed by atoms with Gasteiger partial charge in [-0.25, -0.2) is 9.59 Å². The Morgan fingerprint density at radius 3 is 1.45 bits per heavy atom. The number of unbranched alkanes of at least 4 members (excludes halogenated alkanes) is 3. The summed E-state index contributed by atoms with van der Waals surface area (Å²) in [4.78, 5) is 22.4. The van der Waals surface area contributed by atoms with E-state index in [4.69, 9.17) is 9.47 Å². The molecule has 0 heterocycles. The third-order valence-corrected chi connectivity index (χ3v) is 2.60. The van der Waals surface area contributed by atoms with Crippen LogP contribution in [0, 0.1) is 0 Å².